The maximum Gasteiger partial charge on any atom is 0.0870 e. The Balaban J connectivity index is -0.0000000873. The molecule has 0 aromatic carbocycles. The van der Waals surface area contributed by atoms with Gasteiger partial charge in [-0.1, -0.05) is 25.7 Å². The summed E-state index contributed by atoms with van der Waals surface area (Å²) < 4.78 is 0. The molecule has 0 aliphatic heterocycles. The van der Waals surface area contributed by atoms with Crippen molar-refractivity contribution in [3.63, 3.8) is 0 Å². The first kappa shape index (κ1) is 25.3. The van der Waals surface area contributed by atoms with Crippen LogP contribution in [0.1, 0.15) is 25.7 Å². The molecule has 4 N–H and O–H groups in total. The maximum atomic E-state index is 8.93. The second kappa shape index (κ2) is 13.5. The SMILES string of the molecule is O=C([O-])C(=O)[O-].[NH-][C@@H]1CCCC[C@H]1[NH-].[OH-].[OH-].[Pt]. The molecule has 2 atom stereocenters. The summed E-state index contributed by atoms with van der Waals surface area (Å²) in [4.78, 5) is 17.9. The van der Waals surface area contributed by atoms with Gasteiger partial charge in [0.05, 0.1) is 11.9 Å². The molecule has 9 heteroatoms. The smallest absolute Gasteiger partial charge is 0.0870 e. The number of rotatable bonds is 0. The minimum atomic E-state index is -2.19. The van der Waals surface area contributed by atoms with Gasteiger partial charge >= 0.3 is 0 Å². The quantitative estimate of drug-likeness (QED) is 0.423. The van der Waals surface area contributed by atoms with Crippen molar-refractivity contribution >= 4 is 11.9 Å². The molecule has 0 aromatic rings. The Morgan fingerprint density at radius 2 is 1.12 bits per heavy atom. The van der Waals surface area contributed by atoms with E-state index in [4.69, 9.17) is 31.3 Å². The molecule has 17 heavy (non-hydrogen) atoms. The molecular formula is C8H14N2O6Pt-6. The molecule has 0 heterocycles. The maximum absolute atomic E-state index is 8.93. The molecule has 0 aromatic heterocycles. The van der Waals surface area contributed by atoms with Gasteiger partial charge in [0.25, 0.3) is 0 Å². The van der Waals surface area contributed by atoms with E-state index in [0.29, 0.717) is 0 Å². The van der Waals surface area contributed by atoms with Crippen LogP contribution in [-0.4, -0.2) is 35.0 Å². The minimum Gasteiger partial charge on any atom is -0.870 e. The van der Waals surface area contributed by atoms with Crippen LogP contribution in [0.4, 0.5) is 0 Å². The van der Waals surface area contributed by atoms with Gasteiger partial charge in [0.2, 0.25) is 0 Å². The zero-order valence-electron chi connectivity index (χ0n) is 8.83. The Morgan fingerprint density at radius 1 is 0.882 bits per heavy atom. The molecule has 0 unspecified atom stereocenters. The largest absolute Gasteiger partial charge is 0.870 e. The van der Waals surface area contributed by atoms with Gasteiger partial charge in [0.1, 0.15) is 0 Å². The van der Waals surface area contributed by atoms with E-state index in [9.17, 15) is 0 Å². The first-order valence-corrected chi connectivity index (χ1v) is 4.29. The Bertz CT molecular complexity index is 194. The first-order chi connectivity index (χ1) is 6.45. The Hall–Kier alpha value is -0.532. The van der Waals surface area contributed by atoms with Crippen LogP contribution in [0, 0.1) is 0 Å². The predicted molar refractivity (Wildman–Crippen MR) is 48.6 cm³/mol. The summed E-state index contributed by atoms with van der Waals surface area (Å²) in [5.74, 6) is -4.37. The molecular weight excluding hydrogens is 415 g/mol. The van der Waals surface area contributed by atoms with Gasteiger partial charge in [0, 0.05) is 21.1 Å². The van der Waals surface area contributed by atoms with Crippen molar-refractivity contribution in [2.45, 2.75) is 37.8 Å². The molecule has 1 fully saturated rings. The van der Waals surface area contributed by atoms with E-state index in [0.717, 1.165) is 12.8 Å². The molecule has 1 rings (SSSR count). The molecule has 1 saturated carbocycles. The topological polar surface area (TPSA) is 188 Å². The molecule has 0 bridgehead atoms. The van der Waals surface area contributed by atoms with Crippen molar-refractivity contribution in [2.24, 2.45) is 0 Å². The zero-order chi connectivity index (χ0) is 11.1. The Morgan fingerprint density at radius 3 is 1.24 bits per heavy atom. The van der Waals surface area contributed by atoms with E-state index in [1.807, 2.05) is 0 Å². The molecule has 0 radical (unpaired) electrons. The molecule has 0 spiro atoms. The standard InChI is InChI=1S/C6H12N2.C2H2O4.2H2O.Pt/c7-5-3-1-2-4-6(5)8;3-1(4)2(5)6;;;/h5-8H,1-4H2;(H,3,4)(H,5,6);2*1H2;/q-2;;;;/p-4/t5-,6-;;;;/m1..../s1. The molecule has 8 nitrogen and oxygen atoms in total. The fourth-order valence-electron chi connectivity index (χ4n) is 1.13. The van der Waals surface area contributed by atoms with Crippen LogP contribution in [0.5, 0.6) is 0 Å². The van der Waals surface area contributed by atoms with Crippen molar-refractivity contribution < 1.29 is 51.8 Å². The summed E-state index contributed by atoms with van der Waals surface area (Å²) >= 11 is 0. The van der Waals surface area contributed by atoms with Gasteiger partial charge in [-0.15, -0.1) is 0 Å². The Labute approximate surface area is 113 Å². The van der Waals surface area contributed by atoms with Crippen LogP contribution in [-0.2, 0) is 30.7 Å². The second-order valence-electron chi connectivity index (χ2n) is 3.07. The fraction of sp³-hybridized carbons (Fsp3) is 0.750. The van der Waals surface area contributed by atoms with Gasteiger partial charge in [-0.05, 0) is 0 Å². The Kier molecular flexibility index (Phi) is 20.2. The van der Waals surface area contributed by atoms with E-state index in [2.05, 4.69) is 0 Å². The number of carbonyl (C=O) groups is 2. The van der Waals surface area contributed by atoms with E-state index in [1.54, 1.807) is 0 Å². The number of carboxylic acid groups (broad SMARTS) is 2. The summed E-state index contributed by atoms with van der Waals surface area (Å²) in [6.07, 6.45) is 4.25. The van der Waals surface area contributed by atoms with Crippen molar-refractivity contribution in [1.29, 1.82) is 0 Å². The summed E-state index contributed by atoms with van der Waals surface area (Å²) in [6, 6.07) is -0.160. The summed E-state index contributed by atoms with van der Waals surface area (Å²) in [5.41, 5.74) is 14.6. The van der Waals surface area contributed by atoms with E-state index in [-0.39, 0.29) is 44.1 Å². The minimum absolute atomic E-state index is 0. The van der Waals surface area contributed by atoms with Crippen LogP contribution in [0.2, 0.25) is 0 Å². The van der Waals surface area contributed by atoms with Crippen molar-refractivity contribution in [2.75, 3.05) is 0 Å². The monoisotopic (exact) mass is 429 g/mol. The van der Waals surface area contributed by atoms with Crippen LogP contribution >= 0.6 is 0 Å². The third-order valence-corrected chi connectivity index (χ3v) is 1.93. The van der Waals surface area contributed by atoms with Gasteiger partial charge in [-0.3, -0.25) is 0 Å². The molecule has 108 valence electrons. The summed E-state index contributed by atoms with van der Waals surface area (Å²) in [5, 5.41) is 17.9. The molecule has 0 saturated heterocycles. The summed E-state index contributed by atoms with van der Waals surface area (Å²) in [7, 11) is 0. The third-order valence-electron chi connectivity index (χ3n) is 1.93. The fourth-order valence-corrected chi connectivity index (χ4v) is 1.13. The molecule has 0 amide bonds. The van der Waals surface area contributed by atoms with Gasteiger partial charge in [-0.2, -0.15) is 12.1 Å². The van der Waals surface area contributed by atoms with Crippen LogP contribution < -0.4 is 10.2 Å². The van der Waals surface area contributed by atoms with Crippen molar-refractivity contribution in [3.05, 3.63) is 11.5 Å². The van der Waals surface area contributed by atoms with E-state index < -0.39 is 11.9 Å². The van der Waals surface area contributed by atoms with Crippen molar-refractivity contribution in [3.8, 4) is 0 Å². The van der Waals surface area contributed by atoms with Gasteiger partial charge in [0.15, 0.2) is 0 Å². The predicted octanol–water partition coefficient (Wildman–Crippen LogP) is -1.47. The molecule has 1 aliphatic rings. The number of nitrogens with one attached hydrogen (secondary N) is 2. The average molecular weight is 429 g/mol. The molecule has 1 aliphatic carbocycles. The van der Waals surface area contributed by atoms with E-state index in [1.165, 1.54) is 12.8 Å². The second-order valence-corrected chi connectivity index (χ2v) is 3.07. The number of hydrogen-bond donors (Lipinski definition) is 0. The number of carbonyl (C=O) groups excluding carboxylic acids is 2. The average Bonchev–Trinajstić information content (AvgIpc) is 2.11. The number of aliphatic carboxylic acids is 2. The first-order valence-electron chi connectivity index (χ1n) is 4.29. The van der Waals surface area contributed by atoms with Gasteiger partial charge < -0.3 is 42.2 Å². The van der Waals surface area contributed by atoms with Crippen LogP contribution in [0.15, 0.2) is 0 Å². The zero-order valence-corrected chi connectivity index (χ0v) is 11.1. The third kappa shape index (κ3) is 13.4. The van der Waals surface area contributed by atoms with E-state index >= 15 is 0 Å². The number of hydrogen-bond acceptors (Lipinski definition) is 6. The van der Waals surface area contributed by atoms with Gasteiger partial charge in [-0.25, -0.2) is 0 Å². The normalized spacial score (nSPS) is 21.3. The number of carboxylic acids is 2. The summed E-state index contributed by atoms with van der Waals surface area (Å²) in [6.45, 7) is 0. The van der Waals surface area contributed by atoms with Crippen molar-refractivity contribution in [1.82, 2.24) is 0 Å². The van der Waals surface area contributed by atoms with Crippen LogP contribution in [0.25, 0.3) is 11.5 Å². The van der Waals surface area contributed by atoms with Crippen LogP contribution in [0.3, 0.4) is 0 Å².